The van der Waals surface area contributed by atoms with Crippen LogP contribution in [0.1, 0.15) is 11.1 Å². The van der Waals surface area contributed by atoms with Crippen LogP contribution in [0.25, 0.3) is 22.3 Å². The zero-order valence-electron chi connectivity index (χ0n) is 15.2. The Labute approximate surface area is 160 Å². The maximum atomic E-state index is 13.2. The normalized spacial score (nSPS) is 10.9. The Kier molecular flexibility index (Phi) is 4.45. The van der Waals surface area contributed by atoms with Gasteiger partial charge >= 0.3 is 0 Å². The van der Waals surface area contributed by atoms with E-state index in [0.717, 1.165) is 27.7 Å². The second-order valence-corrected chi connectivity index (χ2v) is 6.63. The molecule has 0 aliphatic carbocycles. The topological polar surface area (TPSA) is 78.0 Å². The van der Waals surface area contributed by atoms with Gasteiger partial charge in [-0.25, -0.2) is 4.98 Å². The van der Waals surface area contributed by atoms with Crippen molar-refractivity contribution in [3.8, 4) is 11.3 Å². The molecule has 1 aromatic heterocycles. The number of nitrogens with zero attached hydrogens (tertiary/aromatic N) is 3. The zero-order valence-corrected chi connectivity index (χ0v) is 15.2. The highest BCUT2D eigenvalue weighted by Gasteiger charge is 2.13. The number of aryl methyl sites for hydroxylation is 1. The lowest BCUT2D eigenvalue weighted by Crippen LogP contribution is -2.24. The van der Waals surface area contributed by atoms with Gasteiger partial charge in [0, 0.05) is 17.7 Å². The molecule has 4 aromatic rings. The summed E-state index contributed by atoms with van der Waals surface area (Å²) in [6.07, 6.45) is 0. The van der Waals surface area contributed by atoms with Gasteiger partial charge in [-0.2, -0.15) is 0 Å². The highest BCUT2D eigenvalue weighted by molar-refractivity contribution is 5.78. The van der Waals surface area contributed by atoms with Crippen LogP contribution in [0.4, 0.5) is 5.69 Å². The lowest BCUT2D eigenvalue weighted by molar-refractivity contribution is -0.384. The van der Waals surface area contributed by atoms with Crippen LogP contribution in [0.15, 0.2) is 77.6 Å². The van der Waals surface area contributed by atoms with Crippen molar-refractivity contribution < 1.29 is 4.92 Å². The third-order valence-electron chi connectivity index (χ3n) is 4.67. The fourth-order valence-corrected chi connectivity index (χ4v) is 3.15. The van der Waals surface area contributed by atoms with Crippen molar-refractivity contribution in [1.29, 1.82) is 0 Å². The van der Waals surface area contributed by atoms with Crippen LogP contribution in [0.2, 0.25) is 0 Å². The summed E-state index contributed by atoms with van der Waals surface area (Å²) in [5.41, 5.74) is 4.34. The standard InChI is InChI=1S/C22H17N3O3/c1-15-6-10-17(11-7-15)21-22(26)24(20-5-3-2-4-19(20)23-21)14-16-8-12-18(13-9-16)25(27)28/h2-13H,14H2,1H3. The van der Waals surface area contributed by atoms with Gasteiger partial charge in [0.05, 0.1) is 22.5 Å². The molecule has 6 nitrogen and oxygen atoms in total. The first-order valence-corrected chi connectivity index (χ1v) is 8.83. The number of nitro benzene ring substituents is 1. The number of benzene rings is 3. The predicted octanol–water partition coefficient (Wildman–Crippen LogP) is 4.33. The van der Waals surface area contributed by atoms with Gasteiger partial charge in [-0.3, -0.25) is 14.9 Å². The molecular formula is C22H17N3O3. The molecule has 0 spiro atoms. The zero-order chi connectivity index (χ0) is 19.7. The largest absolute Gasteiger partial charge is 0.300 e. The number of para-hydroxylation sites is 2. The van der Waals surface area contributed by atoms with Crippen molar-refractivity contribution in [2.45, 2.75) is 13.5 Å². The Morgan fingerprint density at radius 1 is 0.964 bits per heavy atom. The van der Waals surface area contributed by atoms with Crippen molar-refractivity contribution >= 4 is 16.7 Å². The van der Waals surface area contributed by atoms with E-state index < -0.39 is 4.92 Å². The van der Waals surface area contributed by atoms with Crippen LogP contribution in [-0.2, 0) is 6.54 Å². The van der Waals surface area contributed by atoms with E-state index >= 15 is 0 Å². The van der Waals surface area contributed by atoms with Crippen LogP contribution in [0.5, 0.6) is 0 Å². The third kappa shape index (κ3) is 3.27. The van der Waals surface area contributed by atoms with Crippen LogP contribution in [0, 0.1) is 17.0 Å². The van der Waals surface area contributed by atoms with Crippen molar-refractivity contribution in [2.24, 2.45) is 0 Å². The predicted molar refractivity (Wildman–Crippen MR) is 108 cm³/mol. The molecule has 0 atom stereocenters. The van der Waals surface area contributed by atoms with Gasteiger partial charge < -0.3 is 4.57 Å². The second kappa shape index (κ2) is 7.08. The molecule has 0 N–H and O–H groups in total. The first kappa shape index (κ1) is 17.6. The molecule has 0 bridgehead atoms. The Morgan fingerprint density at radius 3 is 2.32 bits per heavy atom. The minimum Gasteiger partial charge on any atom is -0.300 e. The Bertz CT molecular complexity index is 1230. The van der Waals surface area contributed by atoms with Gasteiger partial charge in [0.15, 0.2) is 0 Å². The van der Waals surface area contributed by atoms with Crippen molar-refractivity contribution in [1.82, 2.24) is 9.55 Å². The first-order valence-electron chi connectivity index (χ1n) is 8.83. The van der Waals surface area contributed by atoms with E-state index in [0.29, 0.717) is 12.2 Å². The molecule has 0 aliphatic rings. The molecule has 4 rings (SSSR count). The van der Waals surface area contributed by atoms with E-state index in [1.165, 1.54) is 12.1 Å². The van der Waals surface area contributed by atoms with E-state index in [1.54, 1.807) is 16.7 Å². The van der Waals surface area contributed by atoms with Gasteiger partial charge in [-0.05, 0) is 24.6 Å². The lowest BCUT2D eigenvalue weighted by atomic mass is 10.1. The molecule has 6 heteroatoms. The Balaban J connectivity index is 1.86. The Morgan fingerprint density at radius 2 is 1.64 bits per heavy atom. The average Bonchev–Trinajstić information content (AvgIpc) is 2.71. The quantitative estimate of drug-likeness (QED) is 0.395. The van der Waals surface area contributed by atoms with E-state index in [1.807, 2.05) is 55.5 Å². The number of hydrogen-bond acceptors (Lipinski definition) is 4. The molecule has 138 valence electrons. The SMILES string of the molecule is Cc1ccc(-c2nc3ccccc3n(Cc3ccc([N+](=O)[O-])cc3)c2=O)cc1. The number of hydrogen-bond donors (Lipinski definition) is 0. The minimum absolute atomic E-state index is 0.0241. The van der Waals surface area contributed by atoms with Crippen molar-refractivity contribution in [2.75, 3.05) is 0 Å². The minimum atomic E-state index is -0.437. The highest BCUT2D eigenvalue weighted by Crippen LogP contribution is 2.20. The van der Waals surface area contributed by atoms with Gasteiger partial charge in [0.25, 0.3) is 11.2 Å². The molecule has 0 saturated carbocycles. The van der Waals surface area contributed by atoms with Crippen LogP contribution < -0.4 is 5.56 Å². The van der Waals surface area contributed by atoms with Crippen molar-refractivity contribution in [3.05, 3.63) is 104 Å². The van der Waals surface area contributed by atoms with E-state index in [2.05, 4.69) is 4.98 Å². The summed E-state index contributed by atoms with van der Waals surface area (Å²) in [6.45, 7) is 2.29. The lowest BCUT2D eigenvalue weighted by Gasteiger charge is -2.13. The average molecular weight is 371 g/mol. The fourth-order valence-electron chi connectivity index (χ4n) is 3.15. The Hall–Kier alpha value is -3.80. The summed E-state index contributed by atoms with van der Waals surface area (Å²) in [7, 11) is 0. The van der Waals surface area contributed by atoms with Gasteiger partial charge in [-0.15, -0.1) is 0 Å². The van der Waals surface area contributed by atoms with Crippen LogP contribution in [0.3, 0.4) is 0 Å². The summed E-state index contributed by atoms with van der Waals surface area (Å²) < 4.78 is 1.67. The summed E-state index contributed by atoms with van der Waals surface area (Å²) in [6, 6.07) is 21.4. The molecule has 0 saturated heterocycles. The van der Waals surface area contributed by atoms with Gasteiger partial charge in [-0.1, -0.05) is 54.1 Å². The monoisotopic (exact) mass is 371 g/mol. The molecule has 1 heterocycles. The van der Waals surface area contributed by atoms with Crippen molar-refractivity contribution in [3.63, 3.8) is 0 Å². The maximum absolute atomic E-state index is 13.2. The first-order chi connectivity index (χ1) is 13.5. The van der Waals surface area contributed by atoms with E-state index in [9.17, 15) is 14.9 Å². The van der Waals surface area contributed by atoms with Crippen LogP contribution >= 0.6 is 0 Å². The second-order valence-electron chi connectivity index (χ2n) is 6.63. The summed E-state index contributed by atoms with van der Waals surface area (Å²) >= 11 is 0. The molecular weight excluding hydrogens is 354 g/mol. The van der Waals surface area contributed by atoms with E-state index in [4.69, 9.17) is 0 Å². The maximum Gasteiger partial charge on any atom is 0.277 e. The summed E-state index contributed by atoms with van der Waals surface area (Å²) in [4.78, 5) is 28.3. The van der Waals surface area contributed by atoms with Gasteiger partial charge in [0.2, 0.25) is 0 Å². The highest BCUT2D eigenvalue weighted by atomic mass is 16.6. The summed E-state index contributed by atoms with van der Waals surface area (Å²) in [5, 5.41) is 10.9. The molecule has 0 aliphatic heterocycles. The number of rotatable bonds is 4. The van der Waals surface area contributed by atoms with Gasteiger partial charge in [0.1, 0.15) is 5.69 Å². The number of fused-ring (bicyclic) bond motifs is 1. The number of non-ortho nitro benzene ring substituents is 1. The van der Waals surface area contributed by atoms with E-state index in [-0.39, 0.29) is 11.2 Å². The molecule has 0 fully saturated rings. The molecule has 0 amide bonds. The molecule has 3 aromatic carbocycles. The molecule has 0 radical (unpaired) electrons. The summed E-state index contributed by atoms with van der Waals surface area (Å²) in [5.74, 6) is 0. The smallest absolute Gasteiger partial charge is 0.277 e. The molecule has 0 unspecified atom stereocenters. The third-order valence-corrected chi connectivity index (χ3v) is 4.67. The molecule has 28 heavy (non-hydrogen) atoms. The number of nitro groups is 1. The number of aromatic nitrogens is 2. The fraction of sp³-hybridized carbons (Fsp3) is 0.0909. The van der Waals surface area contributed by atoms with Crippen LogP contribution in [-0.4, -0.2) is 14.5 Å².